The van der Waals surface area contributed by atoms with Gasteiger partial charge in [0.25, 0.3) is 0 Å². The Labute approximate surface area is 116 Å². The molecule has 0 saturated heterocycles. The minimum absolute atomic E-state index is 0.0637. The third kappa shape index (κ3) is 4.82. The van der Waals surface area contributed by atoms with Crippen LogP contribution in [0.1, 0.15) is 24.9 Å². The van der Waals surface area contributed by atoms with Crippen LogP contribution in [0.3, 0.4) is 0 Å². The molecule has 1 N–H and O–H groups in total. The lowest BCUT2D eigenvalue weighted by Gasteiger charge is -2.23. The summed E-state index contributed by atoms with van der Waals surface area (Å²) in [6, 6.07) is 8.36. The highest BCUT2D eigenvalue weighted by Gasteiger charge is 2.15. The zero-order valence-corrected chi connectivity index (χ0v) is 12.3. The first kappa shape index (κ1) is 16.0. The summed E-state index contributed by atoms with van der Waals surface area (Å²) in [7, 11) is 5.09. The van der Waals surface area contributed by atoms with Crippen molar-refractivity contribution >= 4 is 0 Å². The number of nitrogens with one attached hydrogen (secondary N) is 1. The van der Waals surface area contributed by atoms with Crippen LogP contribution in [-0.2, 0) is 9.47 Å². The molecule has 0 radical (unpaired) electrons. The van der Waals surface area contributed by atoms with Crippen LogP contribution in [-0.4, -0.2) is 40.6 Å². The molecule has 0 aliphatic carbocycles. The zero-order valence-electron chi connectivity index (χ0n) is 12.3. The fraction of sp³-hybridized carbons (Fsp3) is 0.600. The van der Waals surface area contributed by atoms with Crippen molar-refractivity contribution in [1.29, 1.82) is 0 Å². The monoisotopic (exact) mass is 267 g/mol. The second kappa shape index (κ2) is 8.91. The number of methoxy groups -OCH3 is 3. The van der Waals surface area contributed by atoms with Gasteiger partial charge in [0.05, 0.1) is 19.8 Å². The summed E-state index contributed by atoms with van der Waals surface area (Å²) >= 11 is 0. The molecule has 4 nitrogen and oxygen atoms in total. The van der Waals surface area contributed by atoms with Crippen LogP contribution < -0.4 is 10.1 Å². The second-order valence-electron chi connectivity index (χ2n) is 4.42. The van der Waals surface area contributed by atoms with Crippen molar-refractivity contribution < 1.29 is 14.2 Å². The maximum absolute atomic E-state index is 5.41. The number of rotatable bonds is 9. The first-order chi connectivity index (χ1) is 9.26. The van der Waals surface area contributed by atoms with E-state index >= 15 is 0 Å². The van der Waals surface area contributed by atoms with Crippen molar-refractivity contribution in [2.75, 3.05) is 34.5 Å². The van der Waals surface area contributed by atoms with Crippen LogP contribution >= 0.6 is 0 Å². The van der Waals surface area contributed by atoms with E-state index in [1.807, 2.05) is 18.2 Å². The van der Waals surface area contributed by atoms with Gasteiger partial charge in [-0.1, -0.05) is 25.1 Å². The van der Waals surface area contributed by atoms with Crippen molar-refractivity contribution in [3.8, 4) is 5.75 Å². The average Bonchev–Trinajstić information content (AvgIpc) is 2.47. The van der Waals surface area contributed by atoms with E-state index in [1.165, 1.54) is 5.56 Å². The van der Waals surface area contributed by atoms with E-state index < -0.39 is 0 Å². The molecule has 2 atom stereocenters. The highest BCUT2D eigenvalue weighted by atomic mass is 16.5. The molecule has 1 aromatic rings. The first-order valence-corrected chi connectivity index (χ1v) is 6.64. The maximum atomic E-state index is 5.41. The first-order valence-electron chi connectivity index (χ1n) is 6.64. The van der Waals surface area contributed by atoms with Crippen molar-refractivity contribution in [3.63, 3.8) is 0 Å². The molecule has 0 aliphatic rings. The van der Waals surface area contributed by atoms with Crippen molar-refractivity contribution in [3.05, 3.63) is 29.8 Å². The molecule has 0 spiro atoms. The third-order valence-corrected chi connectivity index (χ3v) is 3.20. The predicted molar refractivity (Wildman–Crippen MR) is 76.7 cm³/mol. The van der Waals surface area contributed by atoms with Crippen LogP contribution in [0.5, 0.6) is 5.75 Å². The Bertz CT molecular complexity index is 357. The number of ether oxygens (including phenoxy) is 3. The van der Waals surface area contributed by atoms with E-state index in [0.717, 1.165) is 18.7 Å². The molecule has 0 heterocycles. The quantitative estimate of drug-likeness (QED) is 0.746. The summed E-state index contributed by atoms with van der Waals surface area (Å²) in [6.45, 7) is 3.50. The van der Waals surface area contributed by atoms with Gasteiger partial charge in [0, 0.05) is 32.4 Å². The molecular formula is C15H25NO3. The number of para-hydroxylation sites is 1. The summed E-state index contributed by atoms with van der Waals surface area (Å²) in [5.41, 5.74) is 1.18. The zero-order chi connectivity index (χ0) is 14.1. The number of hydrogen-bond donors (Lipinski definition) is 1. The smallest absolute Gasteiger partial charge is 0.123 e. The fourth-order valence-corrected chi connectivity index (χ4v) is 2.10. The Morgan fingerprint density at radius 3 is 2.47 bits per heavy atom. The summed E-state index contributed by atoms with van der Waals surface area (Å²) < 4.78 is 15.9. The standard InChI is InChI=1S/C15H25NO3/c1-5-14(16-10-12(18-3)11-17-2)13-8-6-7-9-15(13)19-4/h6-9,12,14,16H,5,10-11H2,1-4H3. The van der Waals surface area contributed by atoms with Gasteiger partial charge in [0.15, 0.2) is 0 Å². The Hall–Kier alpha value is -1.10. The van der Waals surface area contributed by atoms with Gasteiger partial charge in [-0.3, -0.25) is 0 Å². The molecule has 4 heteroatoms. The Balaban J connectivity index is 2.67. The lowest BCUT2D eigenvalue weighted by molar-refractivity contribution is 0.0272. The normalized spacial score (nSPS) is 14.1. The molecule has 0 fully saturated rings. The molecule has 1 rings (SSSR count). The van der Waals surface area contributed by atoms with Gasteiger partial charge >= 0.3 is 0 Å². The van der Waals surface area contributed by atoms with Gasteiger partial charge in [-0.2, -0.15) is 0 Å². The van der Waals surface area contributed by atoms with Gasteiger partial charge in [-0.25, -0.2) is 0 Å². The van der Waals surface area contributed by atoms with Crippen LogP contribution in [0.25, 0.3) is 0 Å². The molecule has 19 heavy (non-hydrogen) atoms. The third-order valence-electron chi connectivity index (χ3n) is 3.20. The SMILES string of the molecule is CCC(NCC(COC)OC)c1ccccc1OC. The van der Waals surface area contributed by atoms with Crippen LogP contribution in [0.4, 0.5) is 0 Å². The predicted octanol–water partition coefficient (Wildman–Crippen LogP) is 2.40. The lowest BCUT2D eigenvalue weighted by atomic mass is 10.0. The molecular weight excluding hydrogens is 242 g/mol. The second-order valence-corrected chi connectivity index (χ2v) is 4.42. The Morgan fingerprint density at radius 2 is 1.89 bits per heavy atom. The van der Waals surface area contributed by atoms with Crippen LogP contribution in [0, 0.1) is 0 Å². The summed E-state index contributed by atoms with van der Waals surface area (Å²) in [6.07, 6.45) is 1.05. The topological polar surface area (TPSA) is 39.7 Å². The lowest BCUT2D eigenvalue weighted by Crippen LogP contribution is -2.34. The van der Waals surface area contributed by atoms with E-state index in [-0.39, 0.29) is 12.1 Å². The van der Waals surface area contributed by atoms with Crippen molar-refractivity contribution in [2.45, 2.75) is 25.5 Å². The largest absolute Gasteiger partial charge is 0.496 e. The molecule has 0 aromatic heterocycles. The molecule has 1 aromatic carbocycles. The van der Waals surface area contributed by atoms with E-state index in [1.54, 1.807) is 21.3 Å². The number of hydrogen-bond acceptors (Lipinski definition) is 4. The molecule has 0 amide bonds. The van der Waals surface area contributed by atoms with Crippen molar-refractivity contribution in [2.24, 2.45) is 0 Å². The van der Waals surface area contributed by atoms with Crippen molar-refractivity contribution in [1.82, 2.24) is 5.32 Å². The summed E-state index contributed by atoms with van der Waals surface area (Å²) in [5.74, 6) is 0.919. The van der Waals surface area contributed by atoms with Crippen LogP contribution in [0.2, 0.25) is 0 Å². The van der Waals surface area contributed by atoms with Gasteiger partial charge in [0.2, 0.25) is 0 Å². The molecule has 0 bridgehead atoms. The van der Waals surface area contributed by atoms with Gasteiger partial charge in [0.1, 0.15) is 5.75 Å². The van der Waals surface area contributed by atoms with E-state index in [4.69, 9.17) is 14.2 Å². The minimum atomic E-state index is 0.0637. The molecule has 0 aliphatic heterocycles. The molecule has 0 saturated carbocycles. The summed E-state index contributed by atoms with van der Waals surface area (Å²) in [5, 5.41) is 3.51. The highest BCUT2D eigenvalue weighted by molar-refractivity contribution is 5.35. The number of benzene rings is 1. The summed E-state index contributed by atoms with van der Waals surface area (Å²) in [4.78, 5) is 0. The fourth-order valence-electron chi connectivity index (χ4n) is 2.10. The average molecular weight is 267 g/mol. The maximum Gasteiger partial charge on any atom is 0.123 e. The van der Waals surface area contributed by atoms with E-state index in [9.17, 15) is 0 Å². The Morgan fingerprint density at radius 1 is 1.16 bits per heavy atom. The highest BCUT2D eigenvalue weighted by Crippen LogP contribution is 2.26. The van der Waals surface area contributed by atoms with E-state index in [0.29, 0.717) is 6.61 Å². The molecule has 108 valence electrons. The van der Waals surface area contributed by atoms with Gasteiger partial charge in [-0.05, 0) is 12.5 Å². The van der Waals surface area contributed by atoms with Gasteiger partial charge < -0.3 is 19.5 Å². The van der Waals surface area contributed by atoms with Gasteiger partial charge in [-0.15, -0.1) is 0 Å². The molecule has 2 unspecified atom stereocenters. The minimum Gasteiger partial charge on any atom is -0.496 e. The van der Waals surface area contributed by atoms with E-state index in [2.05, 4.69) is 18.3 Å². The van der Waals surface area contributed by atoms with Crippen LogP contribution in [0.15, 0.2) is 24.3 Å². The Kier molecular flexibility index (Phi) is 7.48.